The Morgan fingerprint density at radius 3 is 3.00 bits per heavy atom. The third-order valence-electron chi connectivity index (χ3n) is 3.53. The van der Waals surface area contributed by atoms with Crippen molar-refractivity contribution in [2.75, 3.05) is 18.0 Å². The summed E-state index contributed by atoms with van der Waals surface area (Å²) in [5, 5.41) is 16.9. The van der Waals surface area contributed by atoms with E-state index in [1.54, 1.807) is 6.07 Å². The molecule has 2 atom stereocenters. The van der Waals surface area contributed by atoms with Crippen molar-refractivity contribution in [3.05, 3.63) is 17.8 Å². The molecular weight excluding hydrogens is 228 g/mol. The lowest BCUT2D eigenvalue weighted by Crippen LogP contribution is -2.48. The number of nitrogens with zero attached hydrogens (tertiary/aromatic N) is 4. The molecule has 1 saturated heterocycles. The molecule has 5 nitrogen and oxygen atoms in total. The molecule has 0 bridgehead atoms. The smallest absolute Gasteiger partial charge is 0.152 e. The van der Waals surface area contributed by atoms with Crippen LogP contribution in [0.3, 0.4) is 0 Å². The van der Waals surface area contributed by atoms with Crippen LogP contribution in [-0.4, -0.2) is 35.5 Å². The van der Waals surface area contributed by atoms with Crippen molar-refractivity contribution < 1.29 is 4.74 Å². The van der Waals surface area contributed by atoms with Crippen LogP contribution in [0.5, 0.6) is 0 Å². The van der Waals surface area contributed by atoms with E-state index in [4.69, 9.17) is 10.00 Å². The van der Waals surface area contributed by atoms with Gasteiger partial charge in [0, 0.05) is 19.2 Å². The summed E-state index contributed by atoms with van der Waals surface area (Å²) in [7, 11) is 0. The Morgan fingerprint density at radius 1 is 1.44 bits per heavy atom. The molecule has 1 aromatic heterocycles. The van der Waals surface area contributed by atoms with Crippen LogP contribution in [0, 0.1) is 17.2 Å². The van der Waals surface area contributed by atoms with Crippen molar-refractivity contribution in [3.8, 4) is 6.07 Å². The Morgan fingerprint density at radius 2 is 2.28 bits per heavy atom. The Hall–Kier alpha value is -1.67. The van der Waals surface area contributed by atoms with Crippen molar-refractivity contribution in [1.29, 1.82) is 5.26 Å². The zero-order chi connectivity index (χ0) is 12.5. The zero-order valence-corrected chi connectivity index (χ0v) is 10.4. The molecule has 2 aliphatic rings. The quantitative estimate of drug-likeness (QED) is 0.786. The summed E-state index contributed by atoms with van der Waals surface area (Å²) < 4.78 is 5.96. The fourth-order valence-corrected chi connectivity index (χ4v) is 2.47. The van der Waals surface area contributed by atoms with Crippen molar-refractivity contribution in [2.45, 2.75) is 32.0 Å². The second kappa shape index (κ2) is 4.54. The van der Waals surface area contributed by atoms with Gasteiger partial charge < -0.3 is 9.64 Å². The standard InChI is InChI=1S/C13H16N4O/c1-9-7-17(8-12(18-9)11-2-3-11)13-4-10(5-14)6-15-16-13/h4,6,9,11-12H,2-3,7-8H2,1H3/t9-,12+/m0/s1. The summed E-state index contributed by atoms with van der Waals surface area (Å²) in [5.74, 6) is 1.50. The van der Waals surface area contributed by atoms with E-state index in [1.165, 1.54) is 19.0 Å². The summed E-state index contributed by atoms with van der Waals surface area (Å²) in [6, 6.07) is 3.90. The van der Waals surface area contributed by atoms with Crippen LogP contribution in [-0.2, 0) is 4.74 Å². The highest BCUT2D eigenvalue weighted by Gasteiger charge is 2.37. The van der Waals surface area contributed by atoms with Gasteiger partial charge in [-0.2, -0.15) is 10.4 Å². The molecule has 18 heavy (non-hydrogen) atoms. The monoisotopic (exact) mass is 244 g/mol. The first-order valence-electron chi connectivity index (χ1n) is 6.39. The summed E-state index contributed by atoms with van der Waals surface area (Å²) in [5.41, 5.74) is 0.558. The molecule has 5 heteroatoms. The summed E-state index contributed by atoms with van der Waals surface area (Å²) >= 11 is 0. The van der Waals surface area contributed by atoms with E-state index in [1.807, 2.05) is 0 Å². The lowest BCUT2D eigenvalue weighted by atomic mass is 10.1. The van der Waals surface area contributed by atoms with Crippen LogP contribution in [0.15, 0.2) is 12.3 Å². The predicted molar refractivity (Wildman–Crippen MR) is 66.0 cm³/mol. The van der Waals surface area contributed by atoms with Gasteiger partial charge in [0.1, 0.15) is 6.07 Å². The van der Waals surface area contributed by atoms with E-state index >= 15 is 0 Å². The molecule has 3 rings (SSSR count). The molecule has 1 aromatic rings. The van der Waals surface area contributed by atoms with Crippen LogP contribution in [0.25, 0.3) is 0 Å². The van der Waals surface area contributed by atoms with Crippen LogP contribution in [0.1, 0.15) is 25.3 Å². The van der Waals surface area contributed by atoms with E-state index in [0.717, 1.165) is 18.9 Å². The molecular formula is C13H16N4O. The minimum atomic E-state index is 0.205. The van der Waals surface area contributed by atoms with Gasteiger partial charge in [-0.3, -0.25) is 0 Å². The summed E-state index contributed by atoms with van der Waals surface area (Å²) in [4.78, 5) is 2.19. The molecule has 94 valence electrons. The normalized spacial score (nSPS) is 27.9. The second-order valence-corrected chi connectivity index (χ2v) is 5.14. The van der Waals surface area contributed by atoms with Crippen LogP contribution >= 0.6 is 0 Å². The molecule has 0 amide bonds. The first-order chi connectivity index (χ1) is 8.76. The van der Waals surface area contributed by atoms with Crippen molar-refractivity contribution >= 4 is 5.82 Å². The topological polar surface area (TPSA) is 62.0 Å². The average molecular weight is 244 g/mol. The number of morpholine rings is 1. The zero-order valence-electron chi connectivity index (χ0n) is 10.4. The number of anilines is 1. The number of nitriles is 1. The van der Waals surface area contributed by atoms with E-state index < -0.39 is 0 Å². The van der Waals surface area contributed by atoms with Gasteiger partial charge in [-0.05, 0) is 25.7 Å². The fourth-order valence-electron chi connectivity index (χ4n) is 2.47. The Balaban J connectivity index is 1.79. The first-order valence-corrected chi connectivity index (χ1v) is 6.39. The maximum atomic E-state index is 8.90. The molecule has 1 saturated carbocycles. The lowest BCUT2D eigenvalue weighted by Gasteiger charge is -2.37. The molecule has 2 fully saturated rings. The van der Waals surface area contributed by atoms with Crippen LogP contribution in [0.2, 0.25) is 0 Å². The Bertz CT molecular complexity index is 480. The third-order valence-corrected chi connectivity index (χ3v) is 3.53. The number of hydrogen-bond donors (Lipinski definition) is 0. The highest BCUT2D eigenvalue weighted by Crippen LogP contribution is 2.37. The number of rotatable bonds is 2. The maximum Gasteiger partial charge on any atom is 0.152 e. The van der Waals surface area contributed by atoms with E-state index in [2.05, 4.69) is 28.1 Å². The lowest BCUT2D eigenvalue weighted by molar-refractivity contribution is -0.0274. The molecule has 1 aliphatic carbocycles. The highest BCUT2D eigenvalue weighted by atomic mass is 16.5. The maximum absolute atomic E-state index is 8.90. The van der Waals surface area contributed by atoms with Gasteiger partial charge in [-0.1, -0.05) is 0 Å². The Labute approximate surface area is 106 Å². The van der Waals surface area contributed by atoms with Gasteiger partial charge in [-0.15, -0.1) is 5.10 Å². The predicted octanol–water partition coefficient (Wildman–Crippen LogP) is 1.35. The fraction of sp³-hybridized carbons (Fsp3) is 0.615. The molecule has 0 radical (unpaired) electrons. The SMILES string of the molecule is C[C@H]1CN(c2cc(C#N)cnn2)C[C@H](C2CC2)O1. The summed E-state index contributed by atoms with van der Waals surface area (Å²) in [6.45, 7) is 3.76. The molecule has 0 N–H and O–H groups in total. The van der Waals surface area contributed by atoms with Crippen LogP contribution in [0.4, 0.5) is 5.82 Å². The summed E-state index contributed by atoms with van der Waals surface area (Å²) in [6.07, 6.45) is 4.55. The van der Waals surface area contributed by atoms with Crippen molar-refractivity contribution in [3.63, 3.8) is 0 Å². The van der Waals surface area contributed by atoms with Gasteiger partial charge >= 0.3 is 0 Å². The Kier molecular flexibility index (Phi) is 2.88. The first kappa shape index (κ1) is 11.4. The van der Waals surface area contributed by atoms with E-state index in [0.29, 0.717) is 17.6 Å². The van der Waals surface area contributed by atoms with Gasteiger partial charge in [0.2, 0.25) is 0 Å². The average Bonchev–Trinajstić information content (AvgIpc) is 3.22. The number of ether oxygens (including phenoxy) is 1. The second-order valence-electron chi connectivity index (χ2n) is 5.14. The number of aromatic nitrogens is 2. The highest BCUT2D eigenvalue weighted by molar-refractivity contribution is 5.43. The van der Waals surface area contributed by atoms with Gasteiger partial charge in [0.25, 0.3) is 0 Å². The molecule has 2 heterocycles. The van der Waals surface area contributed by atoms with E-state index in [9.17, 15) is 0 Å². The van der Waals surface area contributed by atoms with Gasteiger partial charge in [0.05, 0.1) is 24.0 Å². The van der Waals surface area contributed by atoms with Crippen LogP contribution < -0.4 is 4.90 Å². The number of hydrogen-bond acceptors (Lipinski definition) is 5. The molecule has 0 spiro atoms. The third kappa shape index (κ3) is 2.29. The van der Waals surface area contributed by atoms with Gasteiger partial charge in [0.15, 0.2) is 5.82 Å². The largest absolute Gasteiger partial charge is 0.371 e. The molecule has 0 unspecified atom stereocenters. The molecule has 0 aromatic carbocycles. The minimum Gasteiger partial charge on any atom is -0.371 e. The van der Waals surface area contributed by atoms with Crippen molar-refractivity contribution in [2.24, 2.45) is 5.92 Å². The van der Waals surface area contributed by atoms with Gasteiger partial charge in [-0.25, -0.2) is 0 Å². The van der Waals surface area contributed by atoms with E-state index in [-0.39, 0.29) is 6.10 Å². The minimum absolute atomic E-state index is 0.205. The van der Waals surface area contributed by atoms with Crippen molar-refractivity contribution in [1.82, 2.24) is 10.2 Å². The molecule has 1 aliphatic heterocycles.